The summed E-state index contributed by atoms with van der Waals surface area (Å²) in [7, 11) is -0.939. The average Bonchev–Trinajstić information content (AvgIpc) is 3.25. The van der Waals surface area contributed by atoms with Crippen molar-refractivity contribution in [2.75, 3.05) is 18.5 Å². The van der Waals surface area contributed by atoms with Crippen molar-refractivity contribution in [2.45, 2.75) is 11.4 Å². The number of sulfonamides is 1. The summed E-state index contributed by atoms with van der Waals surface area (Å²) in [6.45, 7) is 0.231. The fourth-order valence-electron chi connectivity index (χ4n) is 2.60. The SMILES string of the molecule is COc1ccc(N(C)S(=O)(=O)c2ccc(Cl)c(C(=O)NCc3ccoc3)c2)cc1. The Morgan fingerprint density at radius 2 is 1.90 bits per heavy atom. The normalized spacial score (nSPS) is 11.1. The highest BCUT2D eigenvalue weighted by atomic mass is 35.5. The highest BCUT2D eigenvalue weighted by Gasteiger charge is 2.24. The molecule has 2 aromatic carbocycles. The molecule has 0 atom stereocenters. The number of carbonyl (C=O) groups is 1. The van der Waals surface area contributed by atoms with Gasteiger partial charge >= 0.3 is 0 Å². The van der Waals surface area contributed by atoms with E-state index in [9.17, 15) is 13.2 Å². The Morgan fingerprint density at radius 3 is 2.52 bits per heavy atom. The van der Waals surface area contributed by atoms with Crippen LogP contribution in [-0.2, 0) is 16.6 Å². The molecule has 0 saturated carbocycles. The topological polar surface area (TPSA) is 88.8 Å². The molecule has 152 valence electrons. The van der Waals surface area contributed by atoms with Crippen LogP contribution in [0.3, 0.4) is 0 Å². The summed E-state index contributed by atoms with van der Waals surface area (Å²) in [5.41, 5.74) is 1.29. The van der Waals surface area contributed by atoms with E-state index < -0.39 is 15.9 Å². The largest absolute Gasteiger partial charge is 0.497 e. The number of halogens is 1. The fourth-order valence-corrected chi connectivity index (χ4v) is 4.02. The number of nitrogens with one attached hydrogen (secondary N) is 1. The molecule has 1 N–H and O–H groups in total. The van der Waals surface area contributed by atoms with Crippen LogP contribution in [0.25, 0.3) is 0 Å². The monoisotopic (exact) mass is 434 g/mol. The zero-order chi connectivity index (χ0) is 21.0. The van der Waals surface area contributed by atoms with Crippen molar-refractivity contribution in [1.82, 2.24) is 5.32 Å². The minimum absolute atomic E-state index is 0.0475. The average molecular weight is 435 g/mol. The molecule has 29 heavy (non-hydrogen) atoms. The lowest BCUT2D eigenvalue weighted by atomic mass is 10.2. The third-order valence-electron chi connectivity index (χ3n) is 4.31. The standard InChI is InChI=1S/C20H19ClN2O5S/c1-23(15-3-5-16(27-2)6-4-15)29(25,26)17-7-8-19(21)18(11-17)20(24)22-12-14-9-10-28-13-14/h3-11,13H,12H2,1-2H3,(H,22,24). The maximum Gasteiger partial charge on any atom is 0.264 e. The summed E-state index contributed by atoms with van der Waals surface area (Å²) in [6, 6.07) is 12.3. The van der Waals surface area contributed by atoms with Crippen LogP contribution in [-0.4, -0.2) is 28.5 Å². The van der Waals surface area contributed by atoms with Gasteiger partial charge in [-0.15, -0.1) is 0 Å². The van der Waals surface area contributed by atoms with Gasteiger partial charge in [-0.1, -0.05) is 11.6 Å². The molecule has 0 aliphatic carbocycles. The number of methoxy groups -OCH3 is 1. The van der Waals surface area contributed by atoms with E-state index in [4.69, 9.17) is 20.8 Å². The molecule has 0 unspecified atom stereocenters. The molecule has 9 heteroatoms. The number of nitrogens with zero attached hydrogens (tertiary/aromatic N) is 1. The molecule has 3 aromatic rings. The predicted molar refractivity (Wildman–Crippen MR) is 110 cm³/mol. The number of rotatable bonds is 7. The highest BCUT2D eigenvalue weighted by molar-refractivity contribution is 7.92. The number of anilines is 1. The van der Waals surface area contributed by atoms with Gasteiger partial charge in [0, 0.05) is 19.2 Å². The smallest absolute Gasteiger partial charge is 0.264 e. The second-order valence-electron chi connectivity index (χ2n) is 6.13. The summed E-state index contributed by atoms with van der Waals surface area (Å²) in [4.78, 5) is 12.5. The third-order valence-corrected chi connectivity index (χ3v) is 6.42. The highest BCUT2D eigenvalue weighted by Crippen LogP contribution is 2.27. The van der Waals surface area contributed by atoms with Gasteiger partial charge in [0.25, 0.3) is 15.9 Å². The molecule has 0 fully saturated rings. The van der Waals surface area contributed by atoms with Gasteiger partial charge in [0.15, 0.2) is 0 Å². The van der Waals surface area contributed by atoms with Crippen molar-refractivity contribution in [1.29, 1.82) is 0 Å². The summed E-state index contributed by atoms with van der Waals surface area (Å²) >= 11 is 6.13. The molecule has 1 amide bonds. The van der Waals surface area contributed by atoms with Crippen LogP contribution < -0.4 is 14.4 Å². The van der Waals surface area contributed by atoms with Crippen LogP contribution in [0.4, 0.5) is 5.69 Å². The number of carbonyl (C=O) groups excluding carboxylic acids is 1. The van der Waals surface area contributed by atoms with Crippen molar-refractivity contribution in [3.05, 3.63) is 77.2 Å². The summed E-state index contributed by atoms with van der Waals surface area (Å²) in [6.07, 6.45) is 3.00. The summed E-state index contributed by atoms with van der Waals surface area (Å²) in [5, 5.41) is 2.84. The second kappa shape index (κ2) is 8.59. The Morgan fingerprint density at radius 1 is 1.17 bits per heavy atom. The maximum atomic E-state index is 13.0. The third kappa shape index (κ3) is 4.55. The molecule has 0 aliphatic rings. The van der Waals surface area contributed by atoms with Crippen LogP contribution in [0.1, 0.15) is 15.9 Å². The first-order valence-electron chi connectivity index (χ1n) is 8.54. The van der Waals surface area contributed by atoms with Crippen molar-refractivity contribution in [3.63, 3.8) is 0 Å². The van der Waals surface area contributed by atoms with E-state index in [1.165, 1.54) is 44.9 Å². The van der Waals surface area contributed by atoms with Crippen LogP contribution in [0.5, 0.6) is 5.75 Å². The number of hydrogen-bond acceptors (Lipinski definition) is 5. The van der Waals surface area contributed by atoms with Gasteiger partial charge in [-0.05, 0) is 48.5 Å². The second-order valence-corrected chi connectivity index (χ2v) is 8.50. The Hall–Kier alpha value is -2.97. The van der Waals surface area contributed by atoms with Crippen molar-refractivity contribution < 1.29 is 22.4 Å². The van der Waals surface area contributed by atoms with Gasteiger partial charge in [0.1, 0.15) is 5.75 Å². The molecule has 0 aliphatic heterocycles. The quantitative estimate of drug-likeness (QED) is 0.612. The van der Waals surface area contributed by atoms with Crippen LogP contribution in [0.2, 0.25) is 5.02 Å². The molecule has 3 rings (SSSR count). The van der Waals surface area contributed by atoms with E-state index >= 15 is 0 Å². The van der Waals surface area contributed by atoms with Gasteiger partial charge < -0.3 is 14.5 Å². The molecular formula is C20H19ClN2O5S. The number of benzene rings is 2. The Kier molecular flexibility index (Phi) is 6.14. The van der Waals surface area contributed by atoms with Gasteiger partial charge in [-0.25, -0.2) is 8.42 Å². The Bertz CT molecular complexity index is 1100. The van der Waals surface area contributed by atoms with Crippen molar-refractivity contribution >= 4 is 33.2 Å². The Balaban J connectivity index is 1.85. The minimum Gasteiger partial charge on any atom is -0.497 e. The predicted octanol–water partition coefficient (Wildman–Crippen LogP) is 3.70. The van der Waals surface area contributed by atoms with Gasteiger partial charge in [0.2, 0.25) is 0 Å². The van der Waals surface area contributed by atoms with E-state index in [1.807, 2.05) is 0 Å². The number of furan rings is 1. The van der Waals surface area contributed by atoms with E-state index in [2.05, 4.69) is 5.32 Å². The lowest BCUT2D eigenvalue weighted by molar-refractivity contribution is 0.0951. The molecule has 1 aromatic heterocycles. The Labute approximate surface area is 173 Å². The van der Waals surface area contributed by atoms with Crippen LogP contribution in [0, 0.1) is 0 Å². The lowest BCUT2D eigenvalue weighted by Crippen LogP contribution is -2.27. The molecule has 0 bridgehead atoms. The van der Waals surface area contributed by atoms with E-state index in [0.717, 1.165) is 9.87 Å². The number of ether oxygens (including phenoxy) is 1. The van der Waals surface area contributed by atoms with E-state index in [-0.39, 0.29) is 22.0 Å². The fraction of sp³-hybridized carbons (Fsp3) is 0.150. The van der Waals surface area contributed by atoms with Crippen molar-refractivity contribution in [3.8, 4) is 5.75 Å². The minimum atomic E-state index is -3.90. The van der Waals surface area contributed by atoms with Gasteiger partial charge in [-0.3, -0.25) is 9.10 Å². The first kappa shape index (κ1) is 20.8. The molecule has 1 heterocycles. The zero-order valence-corrected chi connectivity index (χ0v) is 17.3. The number of amides is 1. The van der Waals surface area contributed by atoms with Crippen LogP contribution in [0.15, 0.2) is 70.4 Å². The van der Waals surface area contributed by atoms with Crippen molar-refractivity contribution in [2.24, 2.45) is 0 Å². The molecular weight excluding hydrogens is 416 g/mol. The molecule has 0 saturated heterocycles. The van der Waals surface area contributed by atoms with Gasteiger partial charge in [0.05, 0.1) is 40.8 Å². The first-order valence-corrected chi connectivity index (χ1v) is 10.4. The molecule has 7 nitrogen and oxygen atoms in total. The summed E-state index contributed by atoms with van der Waals surface area (Å²) in [5.74, 6) is 0.128. The van der Waals surface area contributed by atoms with Gasteiger partial charge in [-0.2, -0.15) is 0 Å². The summed E-state index contributed by atoms with van der Waals surface area (Å²) < 4.78 is 37.2. The molecule has 0 spiro atoms. The maximum absolute atomic E-state index is 13.0. The zero-order valence-electron chi connectivity index (χ0n) is 15.8. The van der Waals surface area contributed by atoms with Crippen LogP contribution >= 0.6 is 11.6 Å². The first-order chi connectivity index (χ1) is 13.8. The van der Waals surface area contributed by atoms with E-state index in [0.29, 0.717) is 11.4 Å². The number of hydrogen-bond donors (Lipinski definition) is 1. The van der Waals surface area contributed by atoms with E-state index in [1.54, 1.807) is 30.3 Å². The molecule has 0 radical (unpaired) electrons. The lowest BCUT2D eigenvalue weighted by Gasteiger charge is -2.20.